The van der Waals surface area contributed by atoms with E-state index in [-0.39, 0.29) is 11.8 Å². The molecule has 0 saturated heterocycles. The first kappa shape index (κ1) is 23.8. The minimum absolute atomic E-state index is 0.309. The number of hydrogen-bond acceptors (Lipinski definition) is 6. The Balaban J connectivity index is 5.12. The number of nitrogens with two attached hydrogens (primary N) is 1. The first-order chi connectivity index (χ1) is 11.9. The van der Waals surface area contributed by atoms with Gasteiger partial charge < -0.3 is 31.9 Å². The summed E-state index contributed by atoms with van der Waals surface area (Å²) in [6.45, 7) is 7.58. The molecule has 0 aliphatic carbocycles. The maximum atomic E-state index is 12.5. The lowest BCUT2D eigenvalue weighted by Gasteiger charge is -2.28. The maximum Gasteiger partial charge on any atom is 0.322 e. The molecule has 0 aliphatic rings. The molecule has 4 unspecified atom stereocenters. The summed E-state index contributed by atoms with van der Waals surface area (Å²) < 4.78 is 0. The third-order valence-electron chi connectivity index (χ3n) is 3.73. The molecule has 0 spiro atoms. The van der Waals surface area contributed by atoms with E-state index in [0.29, 0.717) is 0 Å². The van der Waals surface area contributed by atoms with Gasteiger partial charge in [-0.3, -0.25) is 19.2 Å². The second kappa shape index (κ2) is 10.7. The third-order valence-corrected chi connectivity index (χ3v) is 3.73. The van der Waals surface area contributed by atoms with E-state index in [2.05, 4.69) is 16.0 Å². The lowest BCUT2D eigenvalue weighted by atomic mass is 9.99. The van der Waals surface area contributed by atoms with Crippen molar-refractivity contribution in [2.75, 3.05) is 6.54 Å². The molecule has 26 heavy (non-hydrogen) atoms. The van der Waals surface area contributed by atoms with E-state index in [1.165, 1.54) is 6.92 Å². The molecule has 0 radical (unpaired) electrons. The van der Waals surface area contributed by atoms with Crippen LogP contribution in [-0.2, 0) is 19.2 Å². The summed E-state index contributed by atoms with van der Waals surface area (Å²) in [4.78, 5) is 47.2. The number of amides is 3. The van der Waals surface area contributed by atoms with Crippen molar-refractivity contribution in [1.82, 2.24) is 16.0 Å². The predicted octanol–water partition coefficient (Wildman–Crippen LogP) is -1.82. The summed E-state index contributed by atoms with van der Waals surface area (Å²) in [5, 5.41) is 25.2. The number of carboxylic acid groups (broad SMARTS) is 1. The number of aliphatic hydroxyl groups is 1. The molecule has 0 saturated carbocycles. The summed E-state index contributed by atoms with van der Waals surface area (Å²) in [7, 11) is 0. The fourth-order valence-electron chi connectivity index (χ4n) is 2.05. The minimum atomic E-state index is -1.20. The van der Waals surface area contributed by atoms with Gasteiger partial charge in [-0.05, 0) is 18.8 Å². The molecule has 0 aromatic rings. The number of aliphatic hydroxyl groups excluding tert-OH is 1. The topological polar surface area (TPSA) is 171 Å². The number of carbonyl (C=O) groups excluding carboxylic acids is 3. The molecule has 0 aromatic carbocycles. The summed E-state index contributed by atoms with van der Waals surface area (Å²) in [6, 6.07) is -3.13. The fourth-order valence-corrected chi connectivity index (χ4v) is 2.05. The Labute approximate surface area is 152 Å². The lowest BCUT2D eigenvalue weighted by molar-refractivity contribution is -0.139. The lowest BCUT2D eigenvalue weighted by Crippen LogP contribution is -2.59. The van der Waals surface area contributed by atoms with Gasteiger partial charge in [-0.1, -0.05) is 27.7 Å². The van der Waals surface area contributed by atoms with Crippen LogP contribution in [0, 0.1) is 11.8 Å². The van der Waals surface area contributed by atoms with E-state index < -0.39 is 54.5 Å². The van der Waals surface area contributed by atoms with Gasteiger partial charge in [0, 0.05) is 0 Å². The van der Waals surface area contributed by atoms with Crippen LogP contribution in [0.15, 0.2) is 0 Å². The highest BCUT2D eigenvalue weighted by molar-refractivity contribution is 5.94. The van der Waals surface area contributed by atoms with E-state index in [0.717, 1.165) is 0 Å². The summed E-state index contributed by atoms with van der Waals surface area (Å²) in [5.74, 6) is -3.75. The smallest absolute Gasteiger partial charge is 0.322 e. The molecule has 0 bridgehead atoms. The Morgan fingerprint density at radius 3 is 1.65 bits per heavy atom. The van der Waals surface area contributed by atoms with Gasteiger partial charge >= 0.3 is 5.97 Å². The SMILES string of the molecule is CC(C)C(NC(=O)C(N)C(C)O)C(=O)NC(C(=O)NCC(=O)O)C(C)C. The zero-order valence-electron chi connectivity index (χ0n) is 15.8. The molecule has 0 aliphatic heterocycles. The van der Waals surface area contributed by atoms with E-state index >= 15 is 0 Å². The van der Waals surface area contributed by atoms with Crippen molar-refractivity contribution in [2.24, 2.45) is 17.6 Å². The number of nitrogens with one attached hydrogen (secondary N) is 3. The molecule has 10 nitrogen and oxygen atoms in total. The van der Waals surface area contributed by atoms with Crippen molar-refractivity contribution in [3.05, 3.63) is 0 Å². The molecule has 0 aromatic heterocycles. The van der Waals surface area contributed by atoms with Crippen molar-refractivity contribution in [1.29, 1.82) is 0 Å². The zero-order chi connectivity index (χ0) is 20.6. The zero-order valence-corrected chi connectivity index (χ0v) is 15.8. The molecule has 10 heteroatoms. The van der Waals surface area contributed by atoms with Crippen LogP contribution in [0.4, 0.5) is 0 Å². The number of rotatable bonds is 10. The van der Waals surface area contributed by atoms with Crippen LogP contribution in [0.1, 0.15) is 34.6 Å². The van der Waals surface area contributed by atoms with Crippen LogP contribution in [-0.4, -0.2) is 64.7 Å². The molecular weight excluding hydrogens is 344 g/mol. The monoisotopic (exact) mass is 374 g/mol. The van der Waals surface area contributed by atoms with Crippen LogP contribution in [0.3, 0.4) is 0 Å². The van der Waals surface area contributed by atoms with Gasteiger partial charge in [-0.2, -0.15) is 0 Å². The number of carbonyl (C=O) groups is 4. The Morgan fingerprint density at radius 1 is 0.846 bits per heavy atom. The van der Waals surface area contributed by atoms with Crippen LogP contribution < -0.4 is 21.7 Å². The van der Waals surface area contributed by atoms with Crippen molar-refractivity contribution in [2.45, 2.75) is 58.8 Å². The predicted molar refractivity (Wildman–Crippen MR) is 93.8 cm³/mol. The van der Waals surface area contributed by atoms with Gasteiger partial charge in [0.1, 0.15) is 24.7 Å². The summed E-state index contributed by atoms with van der Waals surface area (Å²) in [5.41, 5.74) is 5.56. The second-order valence-corrected chi connectivity index (χ2v) is 6.84. The summed E-state index contributed by atoms with van der Waals surface area (Å²) >= 11 is 0. The van der Waals surface area contributed by atoms with Crippen LogP contribution in [0.25, 0.3) is 0 Å². The van der Waals surface area contributed by atoms with Gasteiger partial charge in [-0.15, -0.1) is 0 Å². The normalized spacial score (nSPS) is 15.7. The Bertz CT molecular complexity index is 521. The fraction of sp³-hybridized carbons (Fsp3) is 0.750. The Morgan fingerprint density at radius 2 is 1.27 bits per heavy atom. The average Bonchev–Trinajstić information content (AvgIpc) is 2.53. The van der Waals surface area contributed by atoms with E-state index in [9.17, 15) is 24.3 Å². The standard InChI is InChI=1S/C16H30N4O6/c1-7(2)12(15(25)18-6-10(22)23)20-16(26)13(8(3)4)19-14(24)11(17)9(5)21/h7-9,11-13,21H,6,17H2,1-5H3,(H,18,25)(H,19,24)(H,20,26)(H,22,23). The van der Waals surface area contributed by atoms with Crippen molar-refractivity contribution in [3.8, 4) is 0 Å². The summed E-state index contributed by atoms with van der Waals surface area (Å²) in [6.07, 6.45) is -1.09. The number of aliphatic carboxylic acids is 1. The van der Waals surface area contributed by atoms with Gasteiger partial charge in [-0.25, -0.2) is 0 Å². The first-order valence-electron chi connectivity index (χ1n) is 8.42. The molecule has 0 heterocycles. The van der Waals surface area contributed by atoms with Crippen LogP contribution >= 0.6 is 0 Å². The maximum absolute atomic E-state index is 12.5. The molecular formula is C16H30N4O6. The van der Waals surface area contributed by atoms with Gasteiger partial charge in [0.25, 0.3) is 0 Å². The highest BCUT2D eigenvalue weighted by Gasteiger charge is 2.32. The molecule has 7 N–H and O–H groups in total. The number of hydrogen-bond donors (Lipinski definition) is 6. The number of carboxylic acids is 1. The van der Waals surface area contributed by atoms with Gasteiger partial charge in [0.15, 0.2) is 0 Å². The Hall–Kier alpha value is -2.20. The molecule has 0 fully saturated rings. The molecule has 4 atom stereocenters. The second-order valence-electron chi connectivity index (χ2n) is 6.84. The largest absolute Gasteiger partial charge is 0.480 e. The van der Waals surface area contributed by atoms with Gasteiger partial charge in [0.05, 0.1) is 6.10 Å². The van der Waals surface area contributed by atoms with Crippen LogP contribution in [0.5, 0.6) is 0 Å². The van der Waals surface area contributed by atoms with Gasteiger partial charge in [0.2, 0.25) is 17.7 Å². The van der Waals surface area contributed by atoms with E-state index in [1.54, 1.807) is 27.7 Å². The van der Waals surface area contributed by atoms with Crippen molar-refractivity contribution < 1.29 is 29.4 Å². The van der Waals surface area contributed by atoms with Crippen molar-refractivity contribution >= 4 is 23.7 Å². The highest BCUT2D eigenvalue weighted by Crippen LogP contribution is 2.07. The van der Waals surface area contributed by atoms with E-state index in [1.807, 2.05) is 0 Å². The molecule has 0 rings (SSSR count). The third kappa shape index (κ3) is 7.79. The first-order valence-corrected chi connectivity index (χ1v) is 8.42. The molecule has 150 valence electrons. The molecule has 3 amide bonds. The van der Waals surface area contributed by atoms with E-state index in [4.69, 9.17) is 10.8 Å². The Kier molecular flexibility index (Phi) is 9.81. The highest BCUT2D eigenvalue weighted by atomic mass is 16.4. The average molecular weight is 374 g/mol. The minimum Gasteiger partial charge on any atom is -0.480 e. The van der Waals surface area contributed by atoms with Crippen LogP contribution in [0.2, 0.25) is 0 Å². The van der Waals surface area contributed by atoms with Crippen molar-refractivity contribution in [3.63, 3.8) is 0 Å². The quantitative estimate of drug-likeness (QED) is 0.261.